The number of carbonyl (C=O) groups excluding carboxylic acids is 2. The molecule has 0 aliphatic rings. The summed E-state index contributed by atoms with van der Waals surface area (Å²) in [6.07, 6.45) is 0.546. The van der Waals surface area contributed by atoms with Crippen LogP contribution in [0, 0.1) is 0 Å². The molecular weight excluding hydrogens is 266 g/mol. The molecule has 8 heteroatoms. The molecule has 0 aromatic heterocycles. The van der Waals surface area contributed by atoms with Gasteiger partial charge in [-0.3, -0.25) is 9.59 Å². The first-order valence-electron chi connectivity index (χ1n) is 6.49. The van der Waals surface area contributed by atoms with Gasteiger partial charge in [0.1, 0.15) is 0 Å². The molecule has 1 atom stereocenters. The number of urea groups is 1. The van der Waals surface area contributed by atoms with Crippen molar-refractivity contribution in [1.82, 2.24) is 16.0 Å². The topological polar surface area (TPSA) is 128 Å². The molecule has 0 aromatic carbocycles. The van der Waals surface area contributed by atoms with E-state index in [0.29, 0.717) is 6.54 Å². The molecule has 0 radical (unpaired) electrons. The van der Waals surface area contributed by atoms with Gasteiger partial charge in [-0.25, -0.2) is 4.79 Å². The van der Waals surface area contributed by atoms with Gasteiger partial charge in [-0.2, -0.15) is 0 Å². The van der Waals surface area contributed by atoms with Crippen LogP contribution in [0.1, 0.15) is 33.1 Å². The van der Waals surface area contributed by atoms with E-state index in [2.05, 4.69) is 16.0 Å². The molecule has 0 rings (SSSR count). The average Bonchev–Trinajstić information content (AvgIpc) is 2.32. The number of rotatable bonds is 9. The Hall–Kier alpha value is -1.83. The number of aliphatic carboxylic acids is 1. The van der Waals surface area contributed by atoms with E-state index in [1.165, 1.54) is 6.92 Å². The normalized spacial score (nSPS) is 13.2. The summed E-state index contributed by atoms with van der Waals surface area (Å²) in [4.78, 5) is 33.1. The van der Waals surface area contributed by atoms with Crippen molar-refractivity contribution in [2.45, 2.75) is 38.7 Å². The first-order valence-corrected chi connectivity index (χ1v) is 6.49. The zero-order valence-electron chi connectivity index (χ0n) is 11.9. The van der Waals surface area contributed by atoms with Crippen LogP contribution in [0.4, 0.5) is 4.79 Å². The Labute approximate surface area is 117 Å². The maximum absolute atomic E-state index is 11.4. The molecule has 0 saturated carbocycles. The second kappa shape index (κ2) is 9.13. The molecule has 20 heavy (non-hydrogen) atoms. The van der Waals surface area contributed by atoms with Crippen molar-refractivity contribution in [3.63, 3.8) is 0 Å². The van der Waals surface area contributed by atoms with E-state index in [4.69, 9.17) is 5.11 Å². The lowest BCUT2D eigenvalue weighted by molar-refractivity contribution is -0.141. The third-order valence-electron chi connectivity index (χ3n) is 2.37. The standard InChI is InChI=1S/C12H23N3O5/c1-3-5-13-9(16)4-6-14-11(19)15-8-12(2,20)7-10(17)18/h20H,3-8H2,1-2H3,(H,13,16)(H,17,18)(H2,14,15,19). The number of amides is 3. The molecular formula is C12H23N3O5. The number of nitrogens with one attached hydrogen (secondary N) is 3. The van der Waals surface area contributed by atoms with Gasteiger partial charge in [-0.05, 0) is 13.3 Å². The second-order valence-electron chi connectivity index (χ2n) is 4.78. The predicted octanol–water partition coefficient (Wildman–Crippen LogP) is -0.572. The van der Waals surface area contributed by atoms with E-state index in [1.807, 2.05) is 6.92 Å². The number of hydrogen-bond acceptors (Lipinski definition) is 4. The molecule has 0 bridgehead atoms. The average molecular weight is 289 g/mol. The van der Waals surface area contributed by atoms with E-state index in [1.54, 1.807) is 0 Å². The van der Waals surface area contributed by atoms with Gasteiger partial charge in [0.05, 0.1) is 12.0 Å². The van der Waals surface area contributed by atoms with Crippen LogP contribution in [0.3, 0.4) is 0 Å². The molecule has 3 amide bonds. The Morgan fingerprint density at radius 3 is 2.30 bits per heavy atom. The summed E-state index contributed by atoms with van der Waals surface area (Å²) in [7, 11) is 0. The third kappa shape index (κ3) is 10.1. The van der Waals surface area contributed by atoms with Crippen LogP contribution in [-0.4, -0.2) is 53.4 Å². The van der Waals surface area contributed by atoms with Gasteiger partial charge in [0.25, 0.3) is 0 Å². The molecule has 8 nitrogen and oxygen atoms in total. The molecule has 5 N–H and O–H groups in total. The van der Waals surface area contributed by atoms with Gasteiger partial charge in [0, 0.05) is 26.1 Å². The quantitative estimate of drug-likeness (QED) is 0.388. The SMILES string of the molecule is CCCNC(=O)CCNC(=O)NCC(C)(O)CC(=O)O. The zero-order valence-corrected chi connectivity index (χ0v) is 11.9. The number of aliphatic hydroxyl groups is 1. The van der Waals surface area contributed by atoms with E-state index in [-0.39, 0.29) is 25.4 Å². The minimum atomic E-state index is -1.51. The van der Waals surface area contributed by atoms with Crippen LogP contribution < -0.4 is 16.0 Å². The van der Waals surface area contributed by atoms with Gasteiger partial charge in [-0.1, -0.05) is 6.92 Å². The van der Waals surface area contributed by atoms with E-state index < -0.39 is 24.0 Å². The van der Waals surface area contributed by atoms with Crippen molar-refractivity contribution in [3.05, 3.63) is 0 Å². The summed E-state index contributed by atoms with van der Waals surface area (Å²) in [6.45, 7) is 3.84. The molecule has 0 saturated heterocycles. The number of carboxylic acid groups (broad SMARTS) is 1. The third-order valence-corrected chi connectivity index (χ3v) is 2.37. The van der Waals surface area contributed by atoms with Crippen LogP contribution in [-0.2, 0) is 9.59 Å². The number of hydrogen-bond donors (Lipinski definition) is 5. The van der Waals surface area contributed by atoms with E-state index in [9.17, 15) is 19.5 Å². The number of carboxylic acids is 1. The highest BCUT2D eigenvalue weighted by atomic mass is 16.4. The second-order valence-corrected chi connectivity index (χ2v) is 4.78. The molecule has 0 aliphatic heterocycles. The van der Waals surface area contributed by atoms with Gasteiger partial charge >= 0.3 is 12.0 Å². The maximum atomic E-state index is 11.4. The highest BCUT2D eigenvalue weighted by molar-refractivity contribution is 5.78. The van der Waals surface area contributed by atoms with Gasteiger partial charge < -0.3 is 26.2 Å². The van der Waals surface area contributed by atoms with Crippen molar-refractivity contribution < 1.29 is 24.6 Å². The molecule has 0 aliphatic carbocycles. The van der Waals surface area contributed by atoms with Crippen molar-refractivity contribution in [1.29, 1.82) is 0 Å². The van der Waals surface area contributed by atoms with E-state index >= 15 is 0 Å². The van der Waals surface area contributed by atoms with Crippen LogP contribution in [0.15, 0.2) is 0 Å². The monoisotopic (exact) mass is 289 g/mol. The predicted molar refractivity (Wildman–Crippen MR) is 72.2 cm³/mol. The Kier molecular flexibility index (Phi) is 8.30. The van der Waals surface area contributed by atoms with Crippen LogP contribution in [0.25, 0.3) is 0 Å². The molecule has 0 heterocycles. The van der Waals surface area contributed by atoms with Crippen molar-refractivity contribution >= 4 is 17.9 Å². The Balaban J connectivity index is 3.79. The fourth-order valence-electron chi connectivity index (χ4n) is 1.36. The van der Waals surface area contributed by atoms with Crippen molar-refractivity contribution in [2.75, 3.05) is 19.6 Å². The molecule has 0 spiro atoms. The first-order chi connectivity index (χ1) is 9.26. The molecule has 1 unspecified atom stereocenters. The minimum Gasteiger partial charge on any atom is -0.481 e. The molecule has 116 valence electrons. The molecule has 0 aromatic rings. The van der Waals surface area contributed by atoms with Crippen molar-refractivity contribution in [3.8, 4) is 0 Å². The van der Waals surface area contributed by atoms with Crippen molar-refractivity contribution in [2.24, 2.45) is 0 Å². The first kappa shape index (κ1) is 18.2. The minimum absolute atomic E-state index is 0.148. The van der Waals surface area contributed by atoms with Gasteiger partial charge in [0.15, 0.2) is 0 Å². The summed E-state index contributed by atoms with van der Waals surface area (Å²) < 4.78 is 0. The highest BCUT2D eigenvalue weighted by Gasteiger charge is 2.24. The maximum Gasteiger partial charge on any atom is 0.314 e. The smallest absolute Gasteiger partial charge is 0.314 e. The van der Waals surface area contributed by atoms with Gasteiger partial charge in [0.2, 0.25) is 5.91 Å². The summed E-state index contributed by atoms with van der Waals surface area (Å²) in [5, 5.41) is 25.7. The lowest BCUT2D eigenvalue weighted by atomic mass is 10.0. The van der Waals surface area contributed by atoms with E-state index in [0.717, 1.165) is 6.42 Å². The molecule has 0 fully saturated rings. The number of carbonyl (C=O) groups is 3. The summed E-state index contributed by atoms with van der Waals surface area (Å²) >= 11 is 0. The lowest BCUT2D eigenvalue weighted by Crippen LogP contribution is -2.46. The Morgan fingerprint density at radius 2 is 1.75 bits per heavy atom. The zero-order chi connectivity index (χ0) is 15.6. The summed E-state index contributed by atoms with van der Waals surface area (Å²) in [5.41, 5.74) is -1.51. The van der Waals surface area contributed by atoms with Crippen LogP contribution in [0.5, 0.6) is 0 Å². The van der Waals surface area contributed by atoms with Crippen LogP contribution >= 0.6 is 0 Å². The fourth-order valence-corrected chi connectivity index (χ4v) is 1.36. The Bertz CT molecular complexity index is 344. The largest absolute Gasteiger partial charge is 0.481 e. The summed E-state index contributed by atoms with van der Waals surface area (Å²) in [5.74, 6) is -1.30. The van der Waals surface area contributed by atoms with Gasteiger partial charge in [-0.15, -0.1) is 0 Å². The van der Waals surface area contributed by atoms with Crippen LogP contribution in [0.2, 0.25) is 0 Å². The lowest BCUT2D eigenvalue weighted by Gasteiger charge is -2.21. The highest BCUT2D eigenvalue weighted by Crippen LogP contribution is 2.06. The Morgan fingerprint density at radius 1 is 1.10 bits per heavy atom. The summed E-state index contributed by atoms with van der Waals surface area (Å²) in [6, 6.07) is -0.557. The fraction of sp³-hybridized carbons (Fsp3) is 0.750.